The lowest BCUT2D eigenvalue weighted by Crippen LogP contribution is -2.29. The fourth-order valence-corrected chi connectivity index (χ4v) is 6.08. The van der Waals surface area contributed by atoms with Crippen LogP contribution in [0.4, 0.5) is 5.13 Å². The number of anilines is 1. The maximum atomic E-state index is 13.6. The van der Waals surface area contributed by atoms with Crippen molar-refractivity contribution in [2.75, 3.05) is 18.1 Å². The Hall–Kier alpha value is -4.17. The Bertz CT molecular complexity index is 1620. The Labute approximate surface area is 231 Å². The quantitative estimate of drug-likeness (QED) is 0.160. The van der Waals surface area contributed by atoms with Gasteiger partial charge in [0, 0.05) is 5.56 Å². The SMILES string of the molecule is CCOc1ccc(C2C(=C(O)c3ccc(C)cc3)C(=O)C(=O)N2c2nc3c(C)cc(C)cc3s2)cc1OCC. The zero-order valence-electron chi connectivity index (χ0n) is 22.6. The summed E-state index contributed by atoms with van der Waals surface area (Å²) in [5.74, 6) is -0.690. The van der Waals surface area contributed by atoms with Crippen LogP contribution >= 0.6 is 11.3 Å². The van der Waals surface area contributed by atoms with E-state index in [-0.39, 0.29) is 11.3 Å². The van der Waals surface area contributed by atoms with Crippen LogP contribution in [-0.2, 0) is 9.59 Å². The van der Waals surface area contributed by atoms with Gasteiger partial charge in [0.2, 0.25) is 0 Å². The van der Waals surface area contributed by atoms with Crippen LogP contribution in [0.3, 0.4) is 0 Å². The minimum atomic E-state index is -0.914. The molecule has 0 bridgehead atoms. The molecule has 4 aromatic rings. The van der Waals surface area contributed by atoms with E-state index in [4.69, 9.17) is 14.5 Å². The maximum absolute atomic E-state index is 13.6. The van der Waals surface area contributed by atoms with Gasteiger partial charge in [0.05, 0.1) is 35.0 Å². The third kappa shape index (κ3) is 4.76. The fraction of sp³-hybridized carbons (Fsp3) is 0.258. The van der Waals surface area contributed by atoms with Crippen LogP contribution in [0.25, 0.3) is 16.0 Å². The number of amides is 1. The van der Waals surface area contributed by atoms with Crippen molar-refractivity contribution in [3.8, 4) is 11.5 Å². The molecule has 1 aromatic heterocycles. The van der Waals surface area contributed by atoms with Crippen molar-refractivity contribution in [1.29, 1.82) is 0 Å². The molecule has 5 rings (SSSR count). The molecular weight excluding hydrogens is 512 g/mol. The summed E-state index contributed by atoms with van der Waals surface area (Å²) < 4.78 is 12.5. The first-order chi connectivity index (χ1) is 18.7. The van der Waals surface area contributed by atoms with Crippen molar-refractivity contribution in [3.05, 3.63) is 88.0 Å². The summed E-state index contributed by atoms with van der Waals surface area (Å²) in [5.41, 5.74) is 4.92. The summed E-state index contributed by atoms with van der Waals surface area (Å²) >= 11 is 1.35. The minimum Gasteiger partial charge on any atom is -0.507 e. The lowest BCUT2D eigenvalue weighted by molar-refractivity contribution is -0.132. The van der Waals surface area contributed by atoms with Gasteiger partial charge in [-0.3, -0.25) is 14.5 Å². The van der Waals surface area contributed by atoms with Gasteiger partial charge in [0.25, 0.3) is 5.78 Å². The van der Waals surface area contributed by atoms with Gasteiger partial charge in [-0.15, -0.1) is 0 Å². The highest BCUT2D eigenvalue weighted by atomic mass is 32.1. The van der Waals surface area contributed by atoms with E-state index < -0.39 is 17.7 Å². The number of carbonyl (C=O) groups is 2. The van der Waals surface area contributed by atoms with Crippen LogP contribution in [0, 0.1) is 20.8 Å². The normalized spacial score (nSPS) is 16.7. The first kappa shape index (κ1) is 26.4. The number of hydrogen-bond donors (Lipinski definition) is 1. The summed E-state index contributed by atoms with van der Waals surface area (Å²) in [6, 6.07) is 15.6. The molecule has 1 amide bonds. The number of hydrogen-bond acceptors (Lipinski definition) is 7. The largest absolute Gasteiger partial charge is 0.507 e. The van der Waals surface area contributed by atoms with E-state index in [1.807, 2.05) is 58.9 Å². The molecule has 8 heteroatoms. The van der Waals surface area contributed by atoms with E-state index in [1.54, 1.807) is 30.3 Å². The highest BCUT2D eigenvalue weighted by molar-refractivity contribution is 7.22. The molecule has 1 atom stereocenters. The van der Waals surface area contributed by atoms with Gasteiger partial charge in [0.15, 0.2) is 16.6 Å². The van der Waals surface area contributed by atoms with Crippen LogP contribution in [0.5, 0.6) is 11.5 Å². The van der Waals surface area contributed by atoms with Gasteiger partial charge in [-0.25, -0.2) is 4.98 Å². The second-order valence-corrected chi connectivity index (χ2v) is 10.5. The number of fused-ring (bicyclic) bond motifs is 1. The monoisotopic (exact) mass is 542 g/mol. The van der Waals surface area contributed by atoms with E-state index in [1.165, 1.54) is 16.2 Å². The summed E-state index contributed by atoms with van der Waals surface area (Å²) in [4.78, 5) is 33.4. The molecule has 0 spiro atoms. The highest BCUT2D eigenvalue weighted by Gasteiger charge is 2.48. The molecule has 2 heterocycles. The zero-order valence-corrected chi connectivity index (χ0v) is 23.4. The molecule has 1 saturated heterocycles. The van der Waals surface area contributed by atoms with E-state index in [0.29, 0.717) is 41.0 Å². The molecule has 1 aliphatic rings. The molecule has 200 valence electrons. The van der Waals surface area contributed by atoms with E-state index in [2.05, 4.69) is 0 Å². The van der Waals surface area contributed by atoms with Gasteiger partial charge >= 0.3 is 5.91 Å². The standard InChI is InChI=1S/C31H30N2O5S/c1-6-37-22-13-12-21(16-23(22)38-7-2)27-25(28(34)20-10-8-17(3)9-11-20)29(35)30(36)33(27)31-32-26-19(5)14-18(4)15-24(26)39-31/h8-16,27,34H,6-7H2,1-5H3. The molecule has 3 aromatic carbocycles. The number of ketones is 1. The smallest absolute Gasteiger partial charge is 0.301 e. The molecule has 1 aliphatic heterocycles. The first-order valence-electron chi connectivity index (χ1n) is 12.9. The number of aliphatic hydroxyl groups excluding tert-OH is 1. The highest BCUT2D eigenvalue weighted by Crippen LogP contribution is 2.46. The first-order valence-corrected chi connectivity index (χ1v) is 13.7. The maximum Gasteiger partial charge on any atom is 0.301 e. The summed E-state index contributed by atoms with van der Waals surface area (Å²) in [6.45, 7) is 10.5. The molecule has 0 saturated carbocycles. The number of benzene rings is 3. The van der Waals surface area contributed by atoms with Gasteiger partial charge in [0.1, 0.15) is 5.76 Å². The second kappa shape index (κ2) is 10.5. The lowest BCUT2D eigenvalue weighted by Gasteiger charge is -2.24. The molecule has 7 nitrogen and oxygen atoms in total. The Morgan fingerprint density at radius 3 is 2.31 bits per heavy atom. The summed E-state index contributed by atoms with van der Waals surface area (Å²) in [6.07, 6.45) is 0. The fourth-order valence-electron chi connectivity index (χ4n) is 4.91. The number of rotatable bonds is 7. The molecule has 1 unspecified atom stereocenters. The number of nitrogens with zero attached hydrogens (tertiary/aromatic N) is 2. The van der Waals surface area contributed by atoms with Gasteiger partial charge in [-0.05, 0) is 69.5 Å². The zero-order chi connectivity index (χ0) is 27.8. The molecule has 0 aliphatic carbocycles. The van der Waals surface area contributed by atoms with Crippen molar-refractivity contribution in [1.82, 2.24) is 4.98 Å². The summed E-state index contributed by atoms with van der Waals surface area (Å²) in [7, 11) is 0. The minimum absolute atomic E-state index is 0.00243. The number of Topliss-reactive ketones (excluding diaryl/α,β-unsaturated/α-hetero) is 1. The lowest BCUT2D eigenvalue weighted by atomic mass is 9.95. The Morgan fingerprint density at radius 2 is 1.62 bits per heavy atom. The second-order valence-electron chi connectivity index (χ2n) is 9.53. The van der Waals surface area contributed by atoms with Crippen molar-refractivity contribution < 1.29 is 24.2 Å². The molecule has 1 fully saturated rings. The number of aliphatic hydroxyl groups is 1. The van der Waals surface area contributed by atoms with Crippen molar-refractivity contribution >= 4 is 44.1 Å². The van der Waals surface area contributed by atoms with Crippen LogP contribution in [0.15, 0.2) is 60.2 Å². The Balaban J connectivity index is 1.75. The predicted molar refractivity (Wildman–Crippen MR) is 154 cm³/mol. The number of carbonyl (C=O) groups excluding carboxylic acids is 2. The summed E-state index contributed by atoms with van der Waals surface area (Å²) in [5, 5.41) is 11.8. The molecule has 39 heavy (non-hydrogen) atoms. The molecule has 0 radical (unpaired) electrons. The van der Waals surface area contributed by atoms with E-state index >= 15 is 0 Å². The van der Waals surface area contributed by atoms with E-state index in [0.717, 1.165) is 26.9 Å². The van der Waals surface area contributed by atoms with Crippen molar-refractivity contribution in [2.45, 2.75) is 40.7 Å². The molecular formula is C31H30N2O5S. The van der Waals surface area contributed by atoms with Crippen LogP contribution in [0.1, 0.15) is 47.7 Å². The average Bonchev–Trinajstić information content (AvgIpc) is 3.44. The van der Waals surface area contributed by atoms with Crippen LogP contribution in [0.2, 0.25) is 0 Å². The topological polar surface area (TPSA) is 89.0 Å². The third-order valence-corrected chi connectivity index (χ3v) is 7.68. The average molecular weight is 543 g/mol. The van der Waals surface area contributed by atoms with Gasteiger partial charge < -0.3 is 14.6 Å². The van der Waals surface area contributed by atoms with Crippen molar-refractivity contribution in [2.24, 2.45) is 0 Å². The Morgan fingerprint density at radius 1 is 0.923 bits per heavy atom. The number of aromatic nitrogens is 1. The molecule has 1 N–H and O–H groups in total. The number of thiazole rings is 1. The van der Waals surface area contributed by atoms with Crippen molar-refractivity contribution in [3.63, 3.8) is 0 Å². The van der Waals surface area contributed by atoms with Gasteiger partial charge in [-0.1, -0.05) is 53.3 Å². The van der Waals surface area contributed by atoms with Gasteiger partial charge in [-0.2, -0.15) is 0 Å². The third-order valence-electron chi connectivity index (χ3n) is 6.68. The van der Waals surface area contributed by atoms with E-state index in [9.17, 15) is 14.7 Å². The van der Waals surface area contributed by atoms with Crippen LogP contribution in [-0.4, -0.2) is 35.0 Å². The predicted octanol–water partition coefficient (Wildman–Crippen LogP) is 6.65. The number of aryl methyl sites for hydroxylation is 3. The Kier molecular flexibility index (Phi) is 7.14. The van der Waals surface area contributed by atoms with Crippen LogP contribution < -0.4 is 14.4 Å². The number of ether oxygens (including phenoxy) is 2.